The highest BCUT2D eigenvalue weighted by atomic mass is 127. The highest BCUT2D eigenvalue weighted by Gasteiger charge is 2.12. The van der Waals surface area contributed by atoms with Crippen molar-refractivity contribution in [2.45, 2.75) is 66.2 Å². The summed E-state index contributed by atoms with van der Waals surface area (Å²) in [5, 5.41) is 14.7. The number of rotatable bonds is 9. The van der Waals surface area contributed by atoms with Crippen molar-refractivity contribution in [3.63, 3.8) is 0 Å². The van der Waals surface area contributed by atoms with Gasteiger partial charge in [-0.1, -0.05) is 0 Å². The summed E-state index contributed by atoms with van der Waals surface area (Å²) in [7, 11) is 1.79. The molecule has 1 heterocycles. The topological polar surface area (TPSA) is 70.4 Å². The lowest BCUT2D eigenvalue weighted by atomic mass is 10.2. The van der Waals surface area contributed by atoms with Gasteiger partial charge in [0.15, 0.2) is 11.8 Å². The van der Waals surface area contributed by atoms with Gasteiger partial charge in [0.25, 0.3) is 0 Å². The third-order valence-electron chi connectivity index (χ3n) is 3.89. The predicted octanol–water partition coefficient (Wildman–Crippen LogP) is 2.09. The van der Waals surface area contributed by atoms with E-state index in [0.29, 0.717) is 18.6 Å². The van der Waals surface area contributed by atoms with Crippen molar-refractivity contribution in [3.05, 3.63) is 12.2 Å². The summed E-state index contributed by atoms with van der Waals surface area (Å²) >= 11 is 0. The number of nitrogens with one attached hydrogen (secondary N) is 2. The summed E-state index contributed by atoms with van der Waals surface area (Å²) in [4.78, 5) is 6.75. The molecule has 0 aliphatic heterocycles. The van der Waals surface area contributed by atoms with E-state index in [9.17, 15) is 0 Å². The zero-order valence-electron chi connectivity index (χ0n) is 15.9. The van der Waals surface area contributed by atoms with Crippen LogP contribution in [-0.4, -0.2) is 57.8 Å². The van der Waals surface area contributed by atoms with E-state index in [1.54, 1.807) is 13.4 Å². The molecule has 0 aromatic carbocycles. The molecule has 0 amide bonds. The maximum atomic E-state index is 4.25. The zero-order chi connectivity index (χ0) is 17.2. The van der Waals surface area contributed by atoms with Crippen LogP contribution in [0.15, 0.2) is 11.3 Å². The summed E-state index contributed by atoms with van der Waals surface area (Å²) in [5.74, 6) is 1.72. The molecule has 140 valence electrons. The Morgan fingerprint density at radius 3 is 2.46 bits per heavy atom. The molecule has 1 rings (SSSR count). The molecule has 0 atom stereocenters. The van der Waals surface area contributed by atoms with Crippen LogP contribution in [-0.2, 0) is 13.1 Å². The van der Waals surface area contributed by atoms with Crippen LogP contribution in [0, 0.1) is 0 Å². The summed E-state index contributed by atoms with van der Waals surface area (Å²) in [5.41, 5.74) is 0. The number of guanidine groups is 1. The lowest BCUT2D eigenvalue weighted by molar-refractivity contribution is 0.173. The molecule has 8 heteroatoms. The molecule has 7 nitrogen and oxygen atoms in total. The van der Waals surface area contributed by atoms with Gasteiger partial charge in [0.05, 0.1) is 6.54 Å². The summed E-state index contributed by atoms with van der Waals surface area (Å²) in [6, 6.07) is 1.15. The normalized spacial score (nSPS) is 12.0. The van der Waals surface area contributed by atoms with E-state index in [0.717, 1.165) is 37.8 Å². The molecule has 0 bridgehead atoms. The Hall–Kier alpha value is -0.900. The number of hydrogen-bond donors (Lipinski definition) is 2. The Kier molecular flexibility index (Phi) is 12.0. The fourth-order valence-corrected chi connectivity index (χ4v) is 2.64. The lowest BCUT2D eigenvalue weighted by Crippen LogP contribution is -2.41. The van der Waals surface area contributed by atoms with E-state index in [2.05, 4.69) is 65.3 Å². The summed E-state index contributed by atoms with van der Waals surface area (Å²) < 4.78 is 2.02. The van der Waals surface area contributed by atoms with Gasteiger partial charge in [0.1, 0.15) is 6.33 Å². The van der Waals surface area contributed by atoms with Crippen LogP contribution in [0.3, 0.4) is 0 Å². The second kappa shape index (κ2) is 12.5. The molecule has 2 N–H and O–H groups in total. The third kappa shape index (κ3) is 7.78. The van der Waals surface area contributed by atoms with Gasteiger partial charge >= 0.3 is 0 Å². The first-order valence-corrected chi connectivity index (χ1v) is 8.56. The first-order valence-electron chi connectivity index (χ1n) is 8.56. The van der Waals surface area contributed by atoms with Crippen molar-refractivity contribution < 1.29 is 0 Å². The second-order valence-corrected chi connectivity index (χ2v) is 6.16. The van der Waals surface area contributed by atoms with Crippen LogP contribution in [0.2, 0.25) is 0 Å². The van der Waals surface area contributed by atoms with Gasteiger partial charge in [-0.25, -0.2) is 0 Å². The van der Waals surface area contributed by atoms with Gasteiger partial charge in [-0.2, -0.15) is 0 Å². The number of aliphatic imine (C=N–C) groups is 1. The minimum absolute atomic E-state index is 0. The molecule has 0 aliphatic carbocycles. The Labute approximate surface area is 163 Å². The fraction of sp³-hybridized carbons (Fsp3) is 0.812. The predicted molar refractivity (Wildman–Crippen MR) is 111 cm³/mol. The maximum absolute atomic E-state index is 4.25. The van der Waals surface area contributed by atoms with Crippen molar-refractivity contribution in [2.24, 2.45) is 4.99 Å². The van der Waals surface area contributed by atoms with Crippen molar-refractivity contribution in [1.29, 1.82) is 0 Å². The van der Waals surface area contributed by atoms with Crippen LogP contribution in [0.25, 0.3) is 0 Å². The van der Waals surface area contributed by atoms with E-state index in [-0.39, 0.29) is 24.0 Å². The molecule has 0 radical (unpaired) electrons. The van der Waals surface area contributed by atoms with E-state index in [1.165, 1.54) is 0 Å². The van der Waals surface area contributed by atoms with Crippen LogP contribution in [0.5, 0.6) is 0 Å². The number of aromatic nitrogens is 3. The van der Waals surface area contributed by atoms with Gasteiger partial charge in [-0.15, -0.1) is 34.2 Å². The SMILES string of the molecule is CCn1cnnc1CNC(=NC)NCCCN(C(C)C)C(C)C.I. The van der Waals surface area contributed by atoms with Gasteiger partial charge in [-0.05, 0) is 41.0 Å². The van der Waals surface area contributed by atoms with Crippen LogP contribution >= 0.6 is 24.0 Å². The standard InChI is InChI=1S/C16H33N7.HI/c1-7-22-12-20-21-15(22)11-19-16(17-6)18-9-8-10-23(13(2)3)14(4)5;/h12-14H,7-11H2,1-6H3,(H2,17,18,19);1H. The minimum atomic E-state index is 0. The van der Waals surface area contributed by atoms with Crippen molar-refractivity contribution in [1.82, 2.24) is 30.3 Å². The van der Waals surface area contributed by atoms with Gasteiger partial charge in [0.2, 0.25) is 0 Å². The van der Waals surface area contributed by atoms with Crippen LogP contribution in [0.1, 0.15) is 46.9 Å². The number of halogens is 1. The molecular weight excluding hydrogens is 417 g/mol. The van der Waals surface area contributed by atoms with E-state index < -0.39 is 0 Å². The van der Waals surface area contributed by atoms with E-state index in [1.807, 2.05) is 4.57 Å². The Balaban J connectivity index is 0.00000529. The molecule has 0 saturated carbocycles. The number of aryl methyl sites for hydroxylation is 1. The highest BCUT2D eigenvalue weighted by molar-refractivity contribution is 14.0. The highest BCUT2D eigenvalue weighted by Crippen LogP contribution is 2.05. The first-order chi connectivity index (χ1) is 11.0. The monoisotopic (exact) mass is 451 g/mol. The van der Waals surface area contributed by atoms with Crippen molar-refractivity contribution in [2.75, 3.05) is 20.1 Å². The molecule has 0 fully saturated rings. The zero-order valence-corrected chi connectivity index (χ0v) is 18.2. The molecular formula is C16H34IN7. The van der Waals surface area contributed by atoms with E-state index >= 15 is 0 Å². The quantitative estimate of drug-likeness (QED) is 0.261. The first kappa shape index (κ1) is 23.1. The average Bonchev–Trinajstić information content (AvgIpc) is 2.96. The van der Waals surface area contributed by atoms with Crippen LogP contribution < -0.4 is 10.6 Å². The third-order valence-corrected chi connectivity index (χ3v) is 3.89. The molecule has 0 aliphatic rings. The smallest absolute Gasteiger partial charge is 0.191 e. The van der Waals surface area contributed by atoms with Crippen molar-refractivity contribution >= 4 is 29.9 Å². The van der Waals surface area contributed by atoms with Crippen molar-refractivity contribution in [3.8, 4) is 0 Å². The Bertz CT molecular complexity index is 463. The summed E-state index contributed by atoms with van der Waals surface area (Å²) in [6.45, 7) is 14.5. The molecule has 0 unspecified atom stereocenters. The second-order valence-electron chi connectivity index (χ2n) is 6.16. The fourth-order valence-electron chi connectivity index (χ4n) is 2.64. The van der Waals surface area contributed by atoms with Gasteiger partial charge < -0.3 is 15.2 Å². The number of nitrogens with zero attached hydrogens (tertiary/aromatic N) is 5. The molecule has 0 spiro atoms. The molecule has 1 aromatic heterocycles. The van der Waals surface area contributed by atoms with E-state index in [4.69, 9.17) is 0 Å². The summed E-state index contributed by atoms with van der Waals surface area (Å²) in [6.07, 6.45) is 2.84. The Morgan fingerprint density at radius 1 is 1.25 bits per heavy atom. The van der Waals surface area contributed by atoms with Gasteiger partial charge in [-0.3, -0.25) is 9.89 Å². The average molecular weight is 451 g/mol. The lowest BCUT2D eigenvalue weighted by Gasteiger charge is -2.30. The largest absolute Gasteiger partial charge is 0.356 e. The minimum Gasteiger partial charge on any atom is -0.356 e. The Morgan fingerprint density at radius 2 is 1.92 bits per heavy atom. The molecule has 1 aromatic rings. The van der Waals surface area contributed by atoms with Crippen LogP contribution in [0.4, 0.5) is 0 Å². The van der Waals surface area contributed by atoms with Gasteiger partial charge in [0, 0.05) is 38.8 Å². The number of hydrogen-bond acceptors (Lipinski definition) is 4. The molecule has 0 saturated heterocycles. The molecule has 24 heavy (non-hydrogen) atoms. The maximum Gasteiger partial charge on any atom is 0.191 e.